The van der Waals surface area contributed by atoms with Crippen LogP contribution in [0.4, 0.5) is 0 Å². The van der Waals surface area contributed by atoms with Crippen LogP contribution >= 0.6 is 23.1 Å². The highest BCUT2D eigenvalue weighted by Gasteiger charge is 2.20. The number of carbonyl (C=O) groups excluding carboxylic acids is 1. The molecule has 0 saturated heterocycles. The number of carbonyl (C=O) groups is 1. The first-order chi connectivity index (χ1) is 14.7. The van der Waals surface area contributed by atoms with Crippen molar-refractivity contribution in [3.05, 3.63) is 70.2 Å². The van der Waals surface area contributed by atoms with E-state index in [1.807, 2.05) is 35.2 Å². The van der Waals surface area contributed by atoms with Gasteiger partial charge in [0.15, 0.2) is 0 Å². The summed E-state index contributed by atoms with van der Waals surface area (Å²) in [5, 5.41) is 2.57. The number of nitrogens with one attached hydrogen (secondary N) is 1. The lowest BCUT2D eigenvalue weighted by molar-refractivity contribution is 0.0601. The summed E-state index contributed by atoms with van der Waals surface area (Å²) in [6, 6.07) is 14.5. The van der Waals surface area contributed by atoms with E-state index in [1.54, 1.807) is 16.5 Å². The van der Waals surface area contributed by atoms with Crippen molar-refractivity contribution in [2.75, 3.05) is 26.0 Å². The van der Waals surface area contributed by atoms with Gasteiger partial charge in [0.1, 0.15) is 0 Å². The molecule has 30 heavy (non-hydrogen) atoms. The van der Waals surface area contributed by atoms with Gasteiger partial charge in [0.25, 0.3) is 0 Å². The quantitative estimate of drug-likeness (QED) is 0.322. The minimum Gasteiger partial charge on any atom is -0.465 e. The molecule has 4 aromatic rings. The third-order valence-corrected chi connectivity index (χ3v) is 8.01. The number of nitrogens with zero attached hydrogens (tertiary/aromatic N) is 1. The summed E-state index contributed by atoms with van der Waals surface area (Å²) in [6.07, 6.45) is 3.21. The fraction of sp³-hybridized carbons (Fsp3) is 0.292. The molecule has 0 spiro atoms. The number of hydrogen-bond donors (Lipinski definition) is 1. The summed E-state index contributed by atoms with van der Waals surface area (Å²) in [6.45, 7) is 3.32. The van der Waals surface area contributed by atoms with Gasteiger partial charge in [0, 0.05) is 57.8 Å². The number of thioether (sulfide) groups is 1. The number of fused-ring (bicyclic) bond motifs is 4. The second kappa shape index (κ2) is 8.46. The fourth-order valence-corrected chi connectivity index (χ4v) is 6.50. The average molecular weight is 437 g/mol. The first kappa shape index (κ1) is 19.7. The third-order valence-electron chi connectivity index (χ3n) is 5.83. The van der Waals surface area contributed by atoms with E-state index in [0.717, 1.165) is 48.5 Å². The highest BCUT2D eigenvalue weighted by molar-refractivity contribution is 7.98. The van der Waals surface area contributed by atoms with Gasteiger partial charge in [-0.25, -0.2) is 4.79 Å². The number of benzene rings is 2. The molecule has 0 fully saturated rings. The molecule has 2 aromatic heterocycles. The normalized spacial score (nSPS) is 14.3. The van der Waals surface area contributed by atoms with E-state index in [0.29, 0.717) is 5.56 Å². The maximum atomic E-state index is 11.8. The van der Waals surface area contributed by atoms with Crippen molar-refractivity contribution in [2.45, 2.75) is 18.7 Å². The van der Waals surface area contributed by atoms with Gasteiger partial charge in [-0.15, -0.1) is 11.3 Å². The zero-order valence-electron chi connectivity index (χ0n) is 16.9. The maximum Gasteiger partial charge on any atom is 0.337 e. The third kappa shape index (κ3) is 3.75. The molecule has 0 aliphatic carbocycles. The number of aromatic amines is 1. The molecule has 1 N–H and O–H groups in total. The number of esters is 1. The Morgan fingerprint density at radius 2 is 2.13 bits per heavy atom. The van der Waals surface area contributed by atoms with Crippen molar-refractivity contribution >= 4 is 50.1 Å². The van der Waals surface area contributed by atoms with Crippen LogP contribution in [0.2, 0.25) is 0 Å². The number of rotatable bonds is 6. The molecule has 1 aliphatic heterocycles. The summed E-state index contributed by atoms with van der Waals surface area (Å²) >= 11 is 3.91. The number of ether oxygens (including phenoxy) is 1. The van der Waals surface area contributed by atoms with Crippen LogP contribution in [0.15, 0.2) is 48.7 Å². The molecular weight excluding hydrogens is 412 g/mol. The predicted octanol–water partition coefficient (Wildman–Crippen LogP) is 5.46. The van der Waals surface area contributed by atoms with Crippen LogP contribution < -0.4 is 0 Å². The Morgan fingerprint density at radius 3 is 3.03 bits per heavy atom. The predicted molar refractivity (Wildman–Crippen MR) is 127 cm³/mol. The lowest BCUT2D eigenvalue weighted by Crippen LogP contribution is -2.31. The van der Waals surface area contributed by atoms with E-state index < -0.39 is 0 Å². The Bertz CT molecular complexity index is 1210. The van der Waals surface area contributed by atoms with Gasteiger partial charge in [0.2, 0.25) is 0 Å². The van der Waals surface area contributed by atoms with Gasteiger partial charge in [-0.1, -0.05) is 18.2 Å². The number of methoxy groups -OCH3 is 1. The Kier molecular flexibility index (Phi) is 5.54. The molecule has 0 atom stereocenters. The lowest BCUT2D eigenvalue weighted by Gasteiger charge is -2.26. The van der Waals surface area contributed by atoms with Crippen LogP contribution in [-0.4, -0.2) is 41.8 Å². The molecule has 0 radical (unpaired) electrons. The molecule has 0 saturated carbocycles. The number of thiophene rings is 1. The fourth-order valence-electron chi connectivity index (χ4n) is 4.21. The van der Waals surface area contributed by atoms with Gasteiger partial charge < -0.3 is 9.72 Å². The zero-order valence-corrected chi connectivity index (χ0v) is 18.6. The standard InChI is InChI=1S/C24H24N2O2S2/c1-28-24(27)16-6-7-21-20(12-16)17(13-25-21)15-29-11-10-26-9-8-19-18-4-2-3-5-22(18)30-23(19)14-26/h2-7,12-13,25H,8-11,14-15H2,1H3. The molecule has 5 rings (SSSR count). The topological polar surface area (TPSA) is 45.3 Å². The Labute approximate surface area is 184 Å². The van der Waals surface area contributed by atoms with Gasteiger partial charge in [0.05, 0.1) is 12.7 Å². The number of H-pyrrole nitrogens is 1. The summed E-state index contributed by atoms with van der Waals surface area (Å²) in [5.74, 6) is 1.75. The van der Waals surface area contributed by atoms with Crippen LogP contribution in [0.3, 0.4) is 0 Å². The van der Waals surface area contributed by atoms with E-state index in [4.69, 9.17) is 4.74 Å². The second-order valence-electron chi connectivity index (χ2n) is 7.64. The molecule has 0 unspecified atom stereocenters. The van der Waals surface area contributed by atoms with Crippen molar-refractivity contribution in [2.24, 2.45) is 0 Å². The smallest absolute Gasteiger partial charge is 0.337 e. The van der Waals surface area contributed by atoms with Gasteiger partial charge in [-0.3, -0.25) is 4.90 Å². The minimum absolute atomic E-state index is 0.289. The Balaban J connectivity index is 1.18. The Hall–Kier alpha value is -2.28. The highest BCUT2D eigenvalue weighted by atomic mass is 32.2. The largest absolute Gasteiger partial charge is 0.465 e. The monoisotopic (exact) mass is 436 g/mol. The molecule has 1 aliphatic rings. The number of hydrogen-bond acceptors (Lipinski definition) is 5. The van der Waals surface area contributed by atoms with E-state index in [-0.39, 0.29) is 5.97 Å². The second-order valence-corrected chi connectivity index (χ2v) is 9.89. The first-order valence-electron chi connectivity index (χ1n) is 10.2. The summed E-state index contributed by atoms with van der Waals surface area (Å²) in [7, 11) is 1.42. The zero-order chi connectivity index (χ0) is 20.5. The summed E-state index contributed by atoms with van der Waals surface area (Å²) in [4.78, 5) is 19.3. The molecule has 154 valence electrons. The summed E-state index contributed by atoms with van der Waals surface area (Å²) in [5.41, 5.74) is 4.47. The van der Waals surface area contributed by atoms with Crippen LogP contribution in [0.1, 0.15) is 26.4 Å². The van der Waals surface area contributed by atoms with Crippen molar-refractivity contribution in [3.63, 3.8) is 0 Å². The van der Waals surface area contributed by atoms with E-state index in [1.165, 1.54) is 22.8 Å². The summed E-state index contributed by atoms with van der Waals surface area (Å²) < 4.78 is 6.27. The number of aromatic nitrogens is 1. The molecular formula is C24H24N2O2S2. The van der Waals surface area contributed by atoms with Crippen molar-refractivity contribution in [1.82, 2.24) is 9.88 Å². The molecule has 6 heteroatoms. The van der Waals surface area contributed by atoms with Gasteiger partial charge in [-0.2, -0.15) is 11.8 Å². The lowest BCUT2D eigenvalue weighted by atomic mass is 10.0. The van der Waals surface area contributed by atoms with Crippen LogP contribution in [0, 0.1) is 0 Å². The minimum atomic E-state index is -0.289. The van der Waals surface area contributed by atoms with Crippen molar-refractivity contribution in [3.8, 4) is 0 Å². The van der Waals surface area contributed by atoms with E-state index in [2.05, 4.69) is 40.3 Å². The van der Waals surface area contributed by atoms with Gasteiger partial charge >= 0.3 is 5.97 Å². The average Bonchev–Trinajstić information content (AvgIpc) is 3.36. The molecule has 4 nitrogen and oxygen atoms in total. The highest BCUT2D eigenvalue weighted by Crippen LogP contribution is 2.35. The van der Waals surface area contributed by atoms with E-state index >= 15 is 0 Å². The maximum absolute atomic E-state index is 11.8. The molecule has 0 bridgehead atoms. The molecule has 3 heterocycles. The Morgan fingerprint density at radius 1 is 1.23 bits per heavy atom. The van der Waals surface area contributed by atoms with Gasteiger partial charge in [-0.05, 0) is 47.2 Å². The van der Waals surface area contributed by atoms with Crippen LogP contribution in [0.25, 0.3) is 21.0 Å². The van der Waals surface area contributed by atoms with E-state index in [9.17, 15) is 4.79 Å². The SMILES string of the molecule is COC(=O)c1ccc2[nH]cc(CSCCN3CCc4c(sc5ccccc45)C3)c2c1. The van der Waals surface area contributed by atoms with Crippen LogP contribution in [-0.2, 0) is 23.5 Å². The van der Waals surface area contributed by atoms with Crippen molar-refractivity contribution in [1.29, 1.82) is 0 Å². The molecule has 0 amide bonds. The van der Waals surface area contributed by atoms with Crippen LogP contribution in [0.5, 0.6) is 0 Å². The van der Waals surface area contributed by atoms with Crippen molar-refractivity contribution < 1.29 is 9.53 Å². The molecule has 2 aromatic carbocycles. The first-order valence-corrected chi connectivity index (χ1v) is 12.2.